The summed E-state index contributed by atoms with van der Waals surface area (Å²) in [6, 6.07) is 0. The highest BCUT2D eigenvalue weighted by Crippen LogP contribution is 2.48. The molecule has 1 aliphatic heterocycles. The number of alkyl halides is 1. The maximum atomic E-state index is 10.4. The van der Waals surface area contributed by atoms with Crippen molar-refractivity contribution in [3.63, 3.8) is 0 Å². The van der Waals surface area contributed by atoms with E-state index >= 15 is 0 Å². The second-order valence-electron chi connectivity index (χ2n) is 1.11. The van der Waals surface area contributed by atoms with Crippen LogP contribution in [-0.4, -0.2) is 4.30 Å². The SMILES string of the molecule is O=[PH]1OC(I)O[PH](=O)O1. The first-order valence-electron chi connectivity index (χ1n) is 1.91. The van der Waals surface area contributed by atoms with Crippen molar-refractivity contribution < 1.29 is 22.5 Å². The van der Waals surface area contributed by atoms with E-state index in [1.165, 1.54) is 0 Å². The highest BCUT2D eigenvalue weighted by Gasteiger charge is 2.21. The van der Waals surface area contributed by atoms with Crippen molar-refractivity contribution in [3.05, 3.63) is 0 Å². The summed E-state index contributed by atoms with van der Waals surface area (Å²) in [5.74, 6) is 0. The van der Waals surface area contributed by atoms with E-state index in [9.17, 15) is 9.13 Å². The molecule has 5 nitrogen and oxygen atoms in total. The highest BCUT2D eigenvalue weighted by atomic mass is 127. The summed E-state index contributed by atoms with van der Waals surface area (Å²) in [7, 11) is -5.08. The monoisotopic (exact) mass is 284 g/mol. The fourth-order valence-corrected chi connectivity index (χ4v) is 2.96. The molecule has 0 aliphatic carbocycles. The largest absolute Gasteiger partial charge is 0.329 e. The molecular weight excluding hydrogens is 281 g/mol. The van der Waals surface area contributed by atoms with Gasteiger partial charge in [0.15, 0.2) is 0 Å². The molecule has 2 unspecified atom stereocenters. The highest BCUT2D eigenvalue weighted by molar-refractivity contribution is 14.1. The average molecular weight is 284 g/mol. The Morgan fingerprint density at radius 1 is 1.22 bits per heavy atom. The summed E-state index contributed by atoms with van der Waals surface area (Å²) in [5, 5.41) is 0. The Hall–Kier alpha value is 1.07. The maximum Gasteiger partial charge on any atom is 0.329 e. The summed E-state index contributed by atoms with van der Waals surface area (Å²) in [6.07, 6.45) is 0. The molecule has 0 N–H and O–H groups in total. The predicted molar refractivity (Wildman–Crippen MR) is 39.1 cm³/mol. The molecule has 0 aromatic carbocycles. The molecule has 0 aromatic heterocycles. The molecule has 1 rings (SSSR count). The lowest BCUT2D eigenvalue weighted by Crippen LogP contribution is -2.03. The molecule has 0 saturated carbocycles. The van der Waals surface area contributed by atoms with E-state index in [2.05, 4.69) is 13.4 Å². The van der Waals surface area contributed by atoms with Crippen LogP contribution in [-0.2, 0) is 22.5 Å². The zero-order chi connectivity index (χ0) is 6.85. The zero-order valence-electron chi connectivity index (χ0n) is 4.00. The van der Waals surface area contributed by atoms with Gasteiger partial charge >= 0.3 is 16.5 Å². The second-order valence-corrected chi connectivity index (χ2v) is 4.42. The van der Waals surface area contributed by atoms with Gasteiger partial charge in [-0.1, -0.05) is 0 Å². The fourth-order valence-electron chi connectivity index (χ4n) is 0.292. The second kappa shape index (κ2) is 3.46. The summed E-state index contributed by atoms with van der Waals surface area (Å²) in [6.45, 7) is 0. The molecule has 1 heterocycles. The van der Waals surface area contributed by atoms with Gasteiger partial charge in [-0.15, -0.1) is 0 Å². The van der Waals surface area contributed by atoms with E-state index in [1.807, 2.05) is 0 Å². The molecule has 54 valence electrons. The fraction of sp³-hybridized carbons (Fsp3) is 1.00. The lowest BCUT2D eigenvalue weighted by atomic mass is 11.5. The Morgan fingerprint density at radius 3 is 2.00 bits per heavy atom. The smallest absolute Gasteiger partial charge is 0.270 e. The minimum absolute atomic E-state index is 0.700. The van der Waals surface area contributed by atoms with E-state index in [0.29, 0.717) is 0 Å². The molecule has 1 saturated heterocycles. The number of hydrogen-bond acceptors (Lipinski definition) is 5. The van der Waals surface area contributed by atoms with Crippen molar-refractivity contribution in [2.45, 2.75) is 4.30 Å². The zero-order valence-corrected chi connectivity index (χ0v) is 8.15. The van der Waals surface area contributed by atoms with Crippen LogP contribution in [0.2, 0.25) is 0 Å². The van der Waals surface area contributed by atoms with Crippen molar-refractivity contribution in [1.82, 2.24) is 0 Å². The van der Waals surface area contributed by atoms with Gasteiger partial charge in [0.25, 0.3) is 0 Å². The number of rotatable bonds is 0. The average Bonchev–Trinajstić information content (AvgIpc) is 1.59. The molecule has 1 aliphatic rings. The predicted octanol–water partition coefficient (Wildman–Crippen LogP) is 1.55. The molecule has 0 spiro atoms. The normalized spacial score (nSPS) is 44.8. The third-order valence-electron chi connectivity index (χ3n) is 0.544. The van der Waals surface area contributed by atoms with E-state index in [0.717, 1.165) is 0 Å². The summed E-state index contributed by atoms with van der Waals surface area (Å²) < 4.78 is 33.2. The third-order valence-corrected chi connectivity index (χ3v) is 4.16. The van der Waals surface area contributed by atoms with Crippen LogP contribution < -0.4 is 0 Å². The van der Waals surface area contributed by atoms with Gasteiger partial charge in [-0.05, 0) is 22.6 Å². The van der Waals surface area contributed by atoms with Gasteiger partial charge in [0.05, 0.1) is 0 Å². The molecular formula is CH3IO5P2. The summed E-state index contributed by atoms with van der Waals surface area (Å²) in [5.41, 5.74) is 0. The van der Waals surface area contributed by atoms with Crippen molar-refractivity contribution in [2.24, 2.45) is 0 Å². The van der Waals surface area contributed by atoms with Crippen LogP contribution in [0.1, 0.15) is 0 Å². The summed E-state index contributed by atoms with van der Waals surface area (Å²) >= 11 is 1.71. The lowest BCUT2D eigenvalue weighted by molar-refractivity contribution is 0.0696. The number of hydrogen-bond donors (Lipinski definition) is 0. The van der Waals surface area contributed by atoms with Crippen LogP contribution in [0.25, 0.3) is 0 Å². The van der Waals surface area contributed by atoms with Crippen molar-refractivity contribution >= 4 is 39.1 Å². The molecule has 9 heavy (non-hydrogen) atoms. The van der Waals surface area contributed by atoms with Crippen LogP contribution in [0.3, 0.4) is 0 Å². The molecule has 2 atom stereocenters. The Kier molecular flexibility index (Phi) is 3.14. The third kappa shape index (κ3) is 2.65. The summed E-state index contributed by atoms with van der Waals surface area (Å²) in [4.78, 5) is 0. The van der Waals surface area contributed by atoms with Gasteiger partial charge in [-0.25, -0.2) is 4.31 Å². The first-order chi connectivity index (χ1) is 4.18. The first-order valence-corrected chi connectivity index (χ1v) is 5.61. The minimum Gasteiger partial charge on any atom is -0.270 e. The number of halogens is 1. The Labute approximate surface area is 66.1 Å². The lowest BCUT2D eigenvalue weighted by Gasteiger charge is -2.16. The molecule has 1 fully saturated rings. The van der Waals surface area contributed by atoms with Gasteiger partial charge in [0.2, 0.25) is 4.30 Å². The Morgan fingerprint density at radius 2 is 1.67 bits per heavy atom. The van der Waals surface area contributed by atoms with Crippen molar-refractivity contribution in [2.75, 3.05) is 0 Å². The maximum absolute atomic E-state index is 10.4. The van der Waals surface area contributed by atoms with Crippen LogP contribution in [0.15, 0.2) is 0 Å². The van der Waals surface area contributed by atoms with Crippen LogP contribution in [0, 0.1) is 0 Å². The molecule has 0 aromatic rings. The van der Waals surface area contributed by atoms with Crippen LogP contribution >= 0.6 is 39.1 Å². The van der Waals surface area contributed by atoms with Crippen LogP contribution in [0.4, 0.5) is 0 Å². The minimum atomic E-state index is -2.54. The van der Waals surface area contributed by atoms with E-state index in [4.69, 9.17) is 0 Å². The van der Waals surface area contributed by atoms with Gasteiger partial charge in [-0.2, -0.15) is 0 Å². The van der Waals surface area contributed by atoms with E-state index < -0.39 is 20.8 Å². The van der Waals surface area contributed by atoms with Gasteiger partial charge in [0.1, 0.15) is 0 Å². The molecule has 0 amide bonds. The molecule has 8 heteroatoms. The standard InChI is InChI=1S/CH3IO5P2/c2-1-5-8(3)7-9(4)6-1/h1,8-9H. The quantitative estimate of drug-likeness (QED) is 0.383. The van der Waals surface area contributed by atoms with E-state index in [1.54, 1.807) is 22.6 Å². The first kappa shape index (κ1) is 8.17. The van der Waals surface area contributed by atoms with Gasteiger partial charge in [-0.3, -0.25) is 18.2 Å². The van der Waals surface area contributed by atoms with Gasteiger partial charge in [0, 0.05) is 0 Å². The van der Waals surface area contributed by atoms with Crippen LogP contribution in [0.5, 0.6) is 0 Å². The van der Waals surface area contributed by atoms with Crippen molar-refractivity contribution in [1.29, 1.82) is 0 Å². The Balaban J connectivity index is 2.53. The topological polar surface area (TPSA) is 61.8 Å². The molecule has 0 radical (unpaired) electrons. The Bertz CT molecular complexity index is 141. The van der Waals surface area contributed by atoms with E-state index in [-0.39, 0.29) is 0 Å². The molecule has 0 bridgehead atoms. The van der Waals surface area contributed by atoms with Crippen molar-refractivity contribution in [3.8, 4) is 0 Å². The van der Waals surface area contributed by atoms with Gasteiger partial charge < -0.3 is 0 Å².